The highest BCUT2D eigenvalue weighted by molar-refractivity contribution is 6.11. The van der Waals surface area contributed by atoms with Crippen molar-refractivity contribution in [3.8, 4) is 0 Å². The van der Waals surface area contributed by atoms with Crippen molar-refractivity contribution in [2.75, 3.05) is 25.1 Å². The van der Waals surface area contributed by atoms with Gasteiger partial charge in [-0.15, -0.1) is 0 Å². The normalized spacial score (nSPS) is 40.3. The molecule has 246 valence electrons. The van der Waals surface area contributed by atoms with Crippen LogP contribution < -0.4 is 5.32 Å². The Morgan fingerprint density at radius 1 is 1.07 bits per heavy atom. The number of rotatable bonds is 5. The van der Waals surface area contributed by atoms with Crippen molar-refractivity contribution in [1.82, 2.24) is 4.90 Å². The van der Waals surface area contributed by atoms with Gasteiger partial charge in [0, 0.05) is 29.8 Å². The van der Waals surface area contributed by atoms with Crippen molar-refractivity contribution in [3.05, 3.63) is 76.9 Å². The Morgan fingerprint density at radius 3 is 2.48 bits per heavy atom. The molecular weight excluding hydrogens is 580 g/mol. The largest absolute Gasteiger partial charge is 0.462 e. The molecule has 4 fully saturated rings. The van der Waals surface area contributed by atoms with Gasteiger partial charge in [0.1, 0.15) is 23.7 Å². The highest BCUT2D eigenvalue weighted by Gasteiger charge is 2.79. The minimum atomic E-state index is -1.55. The van der Waals surface area contributed by atoms with Crippen molar-refractivity contribution in [2.24, 2.45) is 34.0 Å². The molecule has 2 spiro atoms. The van der Waals surface area contributed by atoms with E-state index in [1.54, 1.807) is 0 Å². The third-order valence-electron chi connectivity index (χ3n) is 13.3. The molecule has 0 aromatic heterocycles. The highest BCUT2D eigenvalue weighted by Crippen LogP contribution is 2.68. The van der Waals surface area contributed by atoms with E-state index in [2.05, 4.69) is 23.7 Å². The number of benzene rings is 2. The lowest BCUT2D eigenvalue weighted by Crippen LogP contribution is -2.63. The fourth-order valence-electron chi connectivity index (χ4n) is 11.1. The molecule has 9 atom stereocenters. The molecule has 3 aliphatic heterocycles. The molecule has 2 saturated carbocycles. The predicted molar refractivity (Wildman–Crippen MR) is 174 cm³/mol. The van der Waals surface area contributed by atoms with Crippen LogP contribution in [0.25, 0.3) is 0 Å². The molecule has 8 nitrogen and oxygen atoms in total. The molecule has 5 aliphatic rings. The van der Waals surface area contributed by atoms with Crippen LogP contribution in [-0.2, 0) is 26.4 Å². The van der Waals surface area contributed by atoms with Crippen LogP contribution in [0.3, 0.4) is 0 Å². The second kappa shape index (κ2) is 10.7. The molecule has 8 heteroatoms. The van der Waals surface area contributed by atoms with Crippen molar-refractivity contribution in [1.29, 1.82) is 0 Å². The molecule has 4 N–H and O–H groups in total. The van der Waals surface area contributed by atoms with Crippen LogP contribution in [0.1, 0.15) is 68.2 Å². The molecule has 2 aliphatic carbocycles. The summed E-state index contributed by atoms with van der Waals surface area (Å²) in [6.45, 7) is 13.4. The lowest BCUT2D eigenvalue weighted by Gasteiger charge is -2.60. The van der Waals surface area contributed by atoms with Gasteiger partial charge in [0.2, 0.25) is 0 Å². The van der Waals surface area contributed by atoms with E-state index in [1.165, 1.54) is 0 Å². The molecular formula is C38H48N2O6. The van der Waals surface area contributed by atoms with Crippen LogP contribution in [0.15, 0.2) is 54.6 Å². The molecule has 2 aromatic carbocycles. The Bertz CT molecular complexity index is 1590. The number of carbonyl (C=O) groups is 2. The number of anilines is 1. The quantitative estimate of drug-likeness (QED) is 0.282. The zero-order valence-electron chi connectivity index (χ0n) is 27.5. The van der Waals surface area contributed by atoms with E-state index in [-0.39, 0.29) is 36.4 Å². The van der Waals surface area contributed by atoms with Gasteiger partial charge in [-0.25, -0.2) is 0 Å². The van der Waals surface area contributed by atoms with Gasteiger partial charge in [-0.05, 0) is 80.2 Å². The number of cyclic esters (lactones) is 1. The summed E-state index contributed by atoms with van der Waals surface area (Å²) in [7, 11) is 0. The van der Waals surface area contributed by atoms with E-state index in [0.717, 1.165) is 47.1 Å². The summed E-state index contributed by atoms with van der Waals surface area (Å²) >= 11 is 0. The number of esters is 1. The van der Waals surface area contributed by atoms with Crippen LogP contribution in [0.5, 0.6) is 0 Å². The Morgan fingerprint density at radius 2 is 1.80 bits per heavy atom. The maximum Gasteiger partial charge on any atom is 0.318 e. The molecule has 2 aromatic rings. The molecule has 2 saturated heterocycles. The smallest absolute Gasteiger partial charge is 0.318 e. The van der Waals surface area contributed by atoms with E-state index in [9.17, 15) is 24.9 Å². The van der Waals surface area contributed by atoms with Crippen LogP contribution in [0, 0.1) is 47.8 Å². The molecule has 46 heavy (non-hydrogen) atoms. The first kappa shape index (κ1) is 31.6. The average Bonchev–Trinajstić information content (AvgIpc) is 3.60. The Labute approximate surface area is 271 Å². The third kappa shape index (κ3) is 3.93. The van der Waals surface area contributed by atoms with Gasteiger partial charge >= 0.3 is 5.97 Å². The van der Waals surface area contributed by atoms with Crippen LogP contribution in [0.4, 0.5) is 5.69 Å². The van der Waals surface area contributed by atoms with Crippen LogP contribution in [-0.4, -0.2) is 64.1 Å². The topological polar surface area (TPSA) is 119 Å². The first-order valence-corrected chi connectivity index (χ1v) is 16.9. The number of carbonyl (C=O) groups excluding carboxylic acids is 2. The third-order valence-corrected chi connectivity index (χ3v) is 13.3. The van der Waals surface area contributed by atoms with Crippen molar-refractivity contribution < 1.29 is 29.6 Å². The van der Waals surface area contributed by atoms with Gasteiger partial charge < -0.3 is 25.4 Å². The fourth-order valence-corrected chi connectivity index (χ4v) is 11.1. The Hall–Kier alpha value is -3.04. The van der Waals surface area contributed by atoms with Gasteiger partial charge in [-0.3, -0.25) is 14.5 Å². The van der Waals surface area contributed by atoms with Gasteiger partial charge in [0.25, 0.3) is 5.91 Å². The number of likely N-dealkylation sites (tertiary alicyclic amines) is 1. The fraction of sp³-hybridized carbons (Fsp3) is 0.579. The number of nitrogens with zero attached hydrogens (tertiary/aromatic N) is 1. The monoisotopic (exact) mass is 628 g/mol. The lowest BCUT2D eigenvalue weighted by molar-refractivity contribution is -0.166. The number of aliphatic hydroxyl groups is 3. The number of amides is 1. The number of hydrogen-bond donors (Lipinski definition) is 4. The second-order valence-corrected chi connectivity index (χ2v) is 15.5. The minimum absolute atomic E-state index is 0.0380. The minimum Gasteiger partial charge on any atom is -0.462 e. The molecule has 3 heterocycles. The number of aliphatic hydroxyl groups excluding tert-OH is 3. The summed E-state index contributed by atoms with van der Waals surface area (Å²) in [5.41, 5.74) is 1.48. The summed E-state index contributed by atoms with van der Waals surface area (Å²) in [6, 6.07) is 14.0. The highest BCUT2D eigenvalue weighted by atomic mass is 16.6. The maximum atomic E-state index is 14.8. The number of fused-ring (bicyclic) bond motifs is 4. The molecule has 0 bridgehead atoms. The van der Waals surface area contributed by atoms with Gasteiger partial charge in [0.05, 0.1) is 12.7 Å². The molecule has 1 unspecified atom stereocenters. The van der Waals surface area contributed by atoms with Crippen molar-refractivity contribution in [2.45, 2.75) is 84.1 Å². The van der Waals surface area contributed by atoms with Crippen molar-refractivity contribution in [3.63, 3.8) is 0 Å². The van der Waals surface area contributed by atoms with E-state index in [1.807, 2.05) is 63.2 Å². The summed E-state index contributed by atoms with van der Waals surface area (Å²) < 4.78 is 5.77. The summed E-state index contributed by atoms with van der Waals surface area (Å²) in [5, 5.41) is 37.0. The van der Waals surface area contributed by atoms with E-state index in [4.69, 9.17) is 4.74 Å². The van der Waals surface area contributed by atoms with Gasteiger partial charge in [-0.2, -0.15) is 0 Å². The first-order valence-electron chi connectivity index (χ1n) is 16.9. The number of aryl methyl sites for hydroxylation is 2. The van der Waals surface area contributed by atoms with Crippen molar-refractivity contribution >= 4 is 17.6 Å². The van der Waals surface area contributed by atoms with E-state index in [0.29, 0.717) is 31.6 Å². The zero-order valence-corrected chi connectivity index (χ0v) is 27.5. The molecule has 0 radical (unpaired) electrons. The predicted octanol–water partition coefficient (Wildman–Crippen LogP) is 4.62. The van der Waals surface area contributed by atoms with E-state index < -0.39 is 40.5 Å². The average molecular weight is 629 g/mol. The van der Waals surface area contributed by atoms with Crippen LogP contribution >= 0.6 is 0 Å². The molecule has 1 amide bonds. The summed E-state index contributed by atoms with van der Waals surface area (Å²) in [4.78, 5) is 31.4. The Balaban J connectivity index is 1.41. The standard InChI is InChI=1S/C38H48N2O6/c1-22-15-24(3)32-28(16-22)38(33(44)39-32)37(31(43)20-46-34(37)45)26(19-40(38)18-25-9-7-6-8-10-25)17-27-23(2)11-12-29-35(27,4)14-13-30(42)36(29,5)21-41/h6-10,15-16,26-27,29-31,41-43H,2,11-14,17-21H2,1,3-5H3,(H,39,44)/t26?,27-,29+,30-,31+,35+,36+,37-,38+/m1/s1. The maximum absolute atomic E-state index is 14.8. The lowest BCUT2D eigenvalue weighted by atomic mass is 9.45. The summed E-state index contributed by atoms with van der Waals surface area (Å²) in [5.74, 6) is -1.23. The SMILES string of the molecule is C=C1CC[C@@H]2[C@](C)(CO)[C@H](O)CC[C@@]2(C)[C@@H]1CC1CN(Cc2ccccc2)[C@@]2(C(=O)Nc3c(C)cc(C)cc32)[C@]12C(=O)OC[C@@H]2O. The zero-order chi connectivity index (χ0) is 32.8. The van der Waals surface area contributed by atoms with Gasteiger partial charge in [0.15, 0.2) is 0 Å². The molecule has 7 rings (SSSR count). The Kier molecular flexibility index (Phi) is 7.37. The number of allylic oxidation sites excluding steroid dienone is 1. The van der Waals surface area contributed by atoms with Gasteiger partial charge in [-0.1, -0.05) is 74.0 Å². The number of hydrogen-bond acceptors (Lipinski definition) is 7. The van der Waals surface area contributed by atoms with E-state index >= 15 is 0 Å². The summed E-state index contributed by atoms with van der Waals surface area (Å²) in [6.07, 6.45) is 1.69. The van der Waals surface area contributed by atoms with Crippen LogP contribution in [0.2, 0.25) is 0 Å². The second-order valence-electron chi connectivity index (χ2n) is 15.5. The number of ether oxygens (including phenoxy) is 1. The number of nitrogens with one attached hydrogen (secondary N) is 1. The first-order chi connectivity index (χ1) is 21.8.